The molecule has 0 fully saturated rings. The van der Waals surface area contributed by atoms with Crippen molar-refractivity contribution >= 4 is 27.4 Å². The maximum atomic E-state index is 5.20. The second-order valence-corrected chi connectivity index (χ2v) is 5.59. The summed E-state index contributed by atoms with van der Waals surface area (Å²) >= 11 is 3.49. The van der Waals surface area contributed by atoms with Gasteiger partial charge in [-0.2, -0.15) is 0 Å². The molecule has 2 aromatic rings. The monoisotopic (exact) mass is 349 g/mol. The molecule has 1 heterocycles. The Bertz CT molecular complexity index is 587. The molecule has 5 heteroatoms. The van der Waals surface area contributed by atoms with E-state index in [4.69, 9.17) is 4.74 Å². The molecule has 4 nitrogen and oxygen atoms in total. The number of halogens is 1. The van der Waals surface area contributed by atoms with E-state index in [0.29, 0.717) is 0 Å². The lowest BCUT2D eigenvalue weighted by molar-refractivity contribution is 0.415. The van der Waals surface area contributed by atoms with Gasteiger partial charge in [-0.25, -0.2) is 4.98 Å². The number of ether oxygens (including phenoxy) is 1. The predicted molar refractivity (Wildman–Crippen MR) is 90.4 cm³/mol. The first-order chi connectivity index (χ1) is 10.2. The highest BCUT2D eigenvalue weighted by Gasteiger charge is 2.11. The molecule has 0 saturated heterocycles. The molecule has 0 saturated carbocycles. The molecule has 0 amide bonds. The van der Waals surface area contributed by atoms with Crippen LogP contribution in [-0.2, 0) is 6.54 Å². The van der Waals surface area contributed by atoms with Gasteiger partial charge in [-0.05, 0) is 52.8 Å². The second kappa shape index (κ2) is 7.43. The van der Waals surface area contributed by atoms with Gasteiger partial charge in [0, 0.05) is 35.5 Å². The van der Waals surface area contributed by atoms with Gasteiger partial charge in [-0.1, -0.05) is 6.92 Å². The van der Waals surface area contributed by atoms with Crippen LogP contribution in [0.1, 0.15) is 12.5 Å². The van der Waals surface area contributed by atoms with Crippen LogP contribution in [-0.4, -0.2) is 25.7 Å². The highest BCUT2D eigenvalue weighted by Crippen LogP contribution is 2.28. The number of pyridine rings is 1. The number of hydrogen-bond acceptors (Lipinski definition) is 4. The summed E-state index contributed by atoms with van der Waals surface area (Å²) in [6.07, 6.45) is 1.82. The van der Waals surface area contributed by atoms with Crippen molar-refractivity contribution in [2.24, 2.45) is 0 Å². The fourth-order valence-electron chi connectivity index (χ4n) is 2.09. The largest absolute Gasteiger partial charge is 0.497 e. The van der Waals surface area contributed by atoms with Crippen LogP contribution in [0.25, 0.3) is 0 Å². The first-order valence-electron chi connectivity index (χ1n) is 6.88. The van der Waals surface area contributed by atoms with Gasteiger partial charge in [0.25, 0.3) is 0 Å². The zero-order chi connectivity index (χ0) is 15.2. The van der Waals surface area contributed by atoms with E-state index in [9.17, 15) is 0 Å². The van der Waals surface area contributed by atoms with E-state index in [1.54, 1.807) is 7.11 Å². The maximum Gasteiger partial charge on any atom is 0.137 e. The first-order valence-corrected chi connectivity index (χ1v) is 7.68. The Balaban J connectivity index is 2.30. The number of aromatic nitrogens is 1. The third kappa shape index (κ3) is 3.95. The second-order valence-electron chi connectivity index (χ2n) is 4.67. The van der Waals surface area contributed by atoms with Gasteiger partial charge in [-0.3, -0.25) is 0 Å². The zero-order valence-corrected chi connectivity index (χ0v) is 14.1. The van der Waals surface area contributed by atoms with E-state index < -0.39 is 0 Å². The number of anilines is 2. The maximum absolute atomic E-state index is 5.20. The van der Waals surface area contributed by atoms with Crippen molar-refractivity contribution in [3.63, 3.8) is 0 Å². The topological polar surface area (TPSA) is 37.4 Å². The van der Waals surface area contributed by atoms with Crippen LogP contribution in [0.5, 0.6) is 5.75 Å². The molecule has 0 aliphatic heterocycles. The van der Waals surface area contributed by atoms with Gasteiger partial charge >= 0.3 is 0 Å². The number of hydrogen-bond donors (Lipinski definition) is 1. The Labute approximate surface area is 134 Å². The summed E-state index contributed by atoms with van der Waals surface area (Å²) in [4.78, 5) is 6.64. The molecule has 0 radical (unpaired) electrons. The molecular formula is C16H20BrN3O. The lowest BCUT2D eigenvalue weighted by Gasteiger charge is -2.22. The van der Waals surface area contributed by atoms with Crippen LogP contribution in [0.3, 0.4) is 0 Å². The Morgan fingerprint density at radius 2 is 2.00 bits per heavy atom. The molecule has 1 N–H and O–H groups in total. The van der Waals surface area contributed by atoms with Crippen LogP contribution in [0.15, 0.2) is 41.0 Å². The molecule has 0 atom stereocenters. The average molecular weight is 350 g/mol. The van der Waals surface area contributed by atoms with E-state index in [-0.39, 0.29) is 0 Å². The Kier molecular flexibility index (Phi) is 5.59. The molecule has 112 valence electrons. The molecule has 1 aromatic heterocycles. The summed E-state index contributed by atoms with van der Waals surface area (Å²) in [5, 5.41) is 3.35. The van der Waals surface area contributed by atoms with E-state index in [1.807, 2.05) is 37.5 Å². The molecule has 0 aliphatic carbocycles. The van der Waals surface area contributed by atoms with Crippen molar-refractivity contribution in [3.05, 3.63) is 46.6 Å². The van der Waals surface area contributed by atoms with Gasteiger partial charge < -0.3 is 15.0 Å². The van der Waals surface area contributed by atoms with Crippen molar-refractivity contribution in [1.29, 1.82) is 0 Å². The van der Waals surface area contributed by atoms with Gasteiger partial charge in [0.05, 0.1) is 7.11 Å². The van der Waals surface area contributed by atoms with Crippen LogP contribution < -0.4 is 15.0 Å². The third-order valence-corrected chi connectivity index (χ3v) is 3.69. The summed E-state index contributed by atoms with van der Waals surface area (Å²) in [6.45, 7) is 3.81. The van der Waals surface area contributed by atoms with Crippen molar-refractivity contribution in [3.8, 4) is 5.75 Å². The molecule has 21 heavy (non-hydrogen) atoms. The predicted octanol–water partition coefficient (Wildman–Crippen LogP) is 3.73. The van der Waals surface area contributed by atoms with Gasteiger partial charge in [0.2, 0.25) is 0 Å². The van der Waals surface area contributed by atoms with Crippen molar-refractivity contribution in [2.45, 2.75) is 13.5 Å². The lowest BCUT2D eigenvalue weighted by Crippen LogP contribution is -2.18. The third-order valence-electron chi connectivity index (χ3n) is 3.25. The van der Waals surface area contributed by atoms with E-state index >= 15 is 0 Å². The van der Waals surface area contributed by atoms with Crippen molar-refractivity contribution < 1.29 is 4.74 Å². The molecule has 0 bridgehead atoms. The fourth-order valence-corrected chi connectivity index (χ4v) is 2.47. The minimum Gasteiger partial charge on any atom is -0.497 e. The normalized spacial score (nSPS) is 10.5. The number of methoxy groups -OCH3 is 1. The van der Waals surface area contributed by atoms with E-state index in [2.05, 4.69) is 44.1 Å². The van der Waals surface area contributed by atoms with Gasteiger partial charge in [0.15, 0.2) is 0 Å². The number of nitrogens with zero attached hydrogens (tertiary/aromatic N) is 2. The minimum absolute atomic E-state index is 0.790. The SMILES string of the molecule is CCNCc1cc(Br)cnc1N(C)c1ccc(OC)cc1. The molecule has 0 spiro atoms. The van der Waals surface area contributed by atoms with Crippen LogP contribution in [0, 0.1) is 0 Å². The standard InChI is InChI=1S/C16H20BrN3O/c1-4-18-10-12-9-13(17)11-19-16(12)20(2)14-5-7-15(21-3)8-6-14/h5-9,11,18H,4,10H2,1-3H3. The zero-order valence-electron chi connectivity index (χ0n) is 12.6. The van der Waals surface area contributed by atoms with E-state index in [0.717, 1.165) is 40.4 Å². The Hall–Kier alpha value is -1.59. The average Bonchev–Trinajstić information content (AvgIpc) is 2.52. The lowest BCUT2D eigenvalue weighted by atomic mass is 10.2. The van der Waals surface area contributed by atoms with Gasteiger partial charge in [0.1, 0.15) is 11.6 Å². The van der Waals surface area contributed by atoms with Crippen LogP contribution in [0.2, 0.25) is 0 Å². The first kappa shape index (κ1) is 15.8. The van der Waals surface area contributed by atoms with Crippen molar-refractivity contribution in [2.75, 3.05) is 25.6 Å². The Morgan fingerprint density at radius 3 is 2.62 bits per heavy atom. The fraction of sp³-hybridized carbons (Fsp3) is 0.312. The summed E-state index contributed by atoms with van der Waals surface area (Å²) in [5.74, 6) is 1.80. The number of benzene rings is 1. The van der Waals surface area contributed by atoms with E-state index in [1.165, 1.54) is 0 Å². The smallest absolute Gasteiger partial charge is 0.137 e. The van der Waals surface area contributed by atoms with Gasteiger partial charge in [-0.15, -0.1) is 0 Å². The quantitative estimate of drug-likeness (QED) is 0.862. The molecule has 2 rings (SSSR count). The Morgan fingerprint density at radius 1 is 1.29 bits per heavy atom. The molecule has 1 aromatic carbocycles. The highest BCUT2D eigenvalue weighted by atomic mass is 79.9. The summed E-state index contributed by atoms with van der Waals surface area (Å²) in [7, 11) is 3.69. The molecule has 0 aliphatic rings. The van der Waals surface area contributed by atoms with Crippen LogP contribution in [0.4, 0.5) is 11.5 Å². The number of rotatable bonds is 6. The number of nitrogens with one attached hydrogen (secondary N) is 1. The highest BCUT2D eigenvalue weighted by molar-refractivity contribution is 9.10. The summed E-state index contributed by atoms with van der Waals surface area (Å²) < 4.78 is 6.19. The summed E-state index contributed by atoms with van der Waals surface area (Å²) in [5.41, 5.74) is 2.23. The van der Waals surface area contributed by atoms with Crippen molar-refractivity contribution in [1.82, 2.24) is 10.3 Å². The summed E-state index contributed by atoms with van der Waals surface area (Å²) in [6, 6.07) is 10.1. The van der Waals surface area contributed by atoms with Crippen LogP contribution >= 0.6 is 15.9 Å². The molecule has 0 unspecified atom stereocenters. The molecular weight excluding hydrogens is 330 g/mol. The minimum atomic E-state index is 0.790.